The summed E-state index contributed by atoms with van der Waals surface area (Å²) in [4.78, 5) is 0. The van der Waals surface area contributed by atoms with Crippen molar-refractivity contribution in [1.82, 2.24) is 5.32 Å². The van der Waals surface area contributed by atoms with Crippen molar-refractivity contribution >= 4 is 0 Å². The first-order valence-corrected chi connectivity index (χ1v) is 3.81. The molecule has 0 saturated carbocycles. The van der Waals surface area contributed by atoms with Gasteiger partial charge in [-0.1, -0.05) is 0 Å². The smallest absolute Gasteiger partial charge is 0.124 e. The number of benzene rings is 1. The Labute approximate surface area is 71.7 Å². The fourth-order valence-corrected chi connectivity index (χ4v) is 1.14. The fourth-order valence-electron chi connectivity index (χ4n) is 1.14. The largest absolute Gasteiger partial charge is 0.507 e. The minimum atomic E-state index is 0.141. The average Bonchev–Trinajstić information content (AvgIpc) is 1.96. The highest BCUT2D eigenvalue weighted by Gasteiger charge is 2.06. The molecule has 0 aliphatic heterocycles. The SMILES string of the molecule is CNCc1c(O)cc(C)cc1O. The van der Waals surface area contributed by atoms with Crippen LogP contribution in [0.4, 0.5) is 0 Å². The molecule has 0 aliphatic rings. The van der Waals surface area contributed by atoms with E-state index >= 15 is 0 Å². The minimum Gasteiger partial charge on any atom is -0.507 e. The third kappa shape index (κ3) is 1.68. The topological polar surface area (TPSA) is 52.5 Å². The van der Waals surface area contributed by atoms with Gasteiger partial charge in [-0.15, -0.1) is 0 Å². The minimum absolute atomic E-state index is 0.141. The van der Waals surface area contributed by atoms with Crippen molar-refractivity contribution in [3.63, 3.8) is 0 Å². The van der Waals surface area contributed by atoms with Gasteiger partial charge in [-0.05, 0) is 31.7 Å². The molecule has 12 heavy (non-hydrogen) atoms. The van der Waals surface area contributed by atoms with Crippen LogP contribution in [0.25, 0.3) is 0 Å². The summed E-state index contributed by atoms with van der Waals surface area (Å²) in [7, 11) is 1.76. The standard InChI is InChI=1S/C9H13NO2/c1-6-3-8(11)7(5-10-2)9(12)4-6/h3-4,10-12H,5H2,1-2H3. The Morgan fingerprint density at radius 1 is 1.25 bits per heavy atom. The number of rotatable bonds is 2. The lowest BCUT2D eigenvalue weighted by Gasteiger charge is -2.07. The zero-order valence-electron chi connectivity index (χ0n) is 7.26. The van der Waals surface area contributed by atoms with Crippen LogP contribution < -0.4 is 5.32 Å². The van der Waals surface area contributed by atoms with Crippen LogP contribution >= 0.6 is 0 Å². The van der Waals surface area contributed by atoms with Crippen LogP contribution in [0.3, 0.4) is 0 Å². The number of aromatic hydroxyl groups is 2. The molecule has 0 unspecified atom stereocenters. The number of aryl methyl sites for hydroxylation is 1. The second kappa shape index (κ2) is 3.45. The summed E-state index contributed by atoms with van der Waals surface area (Å²) < 4.78 is 0. The van der Waals surface area contributed by atoms with E-state index in [-0.39, 0.29) is 11.5 Å². The van der Waals surface area contributed by atoms with Gasteiger partial charge >= 0.3 is 0 Å². The first kappa shape index (κ1) is 8.87. The van der Waals surface area contributed by atoms with E-state index in [1.165, 1.54) is 0 Å². The number of hydrogen-bond donors (Lipinski definition) is 3. The Bertz CT molecular complexity index is 261. The van der Waals surface area contributed by atoms with Gasteiger partial charge in [0, 0.05) is 12.1 Å². The van der Waals surface area contributed by atoms with Crippen LogP contribution in [0.15, 0.2) is 12.1 Å². The second-order valence-corrected chi connectivity index (χ2v) is 2.81. The molecule has 0 radical (unpaired) electrons. The van der Waals surface area contributed by atoms with Gasteiger partial charge in [0.15, 0.2) is 0 Å². The van der Waals surface area contributed by atoms with Crippen LogP contribution in [0.5, 0.6) is 11.5 Å². The maximum absolute atomic E-state index is 9.40. The zero-order chi connectivity index (χ0) is 9.14. The Morgan fingerprint density at radius 3 is 2.17 bits per heavy atom. The van der Waals surface area contributed by atoms with Gasteiger partial charge in [0.2, 0.25) is 0 Å². The highest BCUT2D eigenvalue weighted by molar-refractivity contribution is 5.45. The van der Waals surface area contributed by atoms with Crippen LogP contribution in [-0.2, 0) is 6.54 Å². The summed E-state index contributed by atoms with van der Waals surface area (Å²) in [6, 6.07) is 3.26. The van der Waals surface area contributed by atoms with E-state index in [0.717, 1.165) is 5.56 Å². The van der Waals surface area contributed by atoms with Gasteiger partial charge in [-0.25, -0.2) is 0 Å². The molecule has 0 spiro atoms. The van der Waals surface area contributed by atoms with Crippen molar-refractivity contribution in [3.05, 3.63) is 23.3 Å². The first-order chi connectivity index (χ1) is 5.65. The molecule has 3 nitrogen and oxygen atoms in total. The lowest BCUT2D eigenvalue weighted by Crippen LogP contribution is -2.05. The zero-order valence-corrected chi connectivity index (χ0v) is 7.26. The maximum atomic E-state index is 9.40. The van der Waals surface area contributed by atoms with Gasteiger partial charge in [0.05, 0.1) is 0 Å². The molecule has 0 aromatic heterocycles. The molecule has 0 amide bonds. The van der Waals surface area contributed by atoms with Crippen molar-refractivity contribution in [3.8, 4) is 11.5 Å². The van der Waals surface area contributed by atoms with E-state index in [9.17, 15) is 10.2 Å². The van der Waals surface area contributed by atoms with Gasteiger partial charge in [0.25, 0.3) is 0 Å². The highest BCUT2D eigenvalue weighted by atomic mass is 16.3. The molecular weight excluding hydrogens is 154 g/mol. The van der Waals surface area contributed by atoms with E-state index < -0.39 is 0 Å². The molecule has 0 bridgehead atoms. The molecule has 1 aromatic carbocycles. The normalized spacial score (nSPS) is 10.2. The number of nitrogens with one attached hydrogen (secondary N) is 1. The van der Waals surface area contributed by atoms with Crippen LogP contribution in [0, 0.1) is 6.92 Å². The monoisotopic (exact) mass is 167 g/mol. The molecule has 1 rings (SSSR count). The van der Waals surface area contributed by atoms with Gasteiger partial charge in [-0.2, -0.15) is 0 Å². The van der Waals surface area contributed by atoms with Crippen molar-refractivity contribution in [2.45, 2.75) is 13.5 Å². The summed E-state index contributed by atoms with van der Waals surface area (Å²) in [5, 5.41) is 21.7. The van der Waals surface area contributed by atoms with Crippen LogP contribution in [-0.4, -0.2) is 17.3 Å². The van der Waals surface area contributed by atoms with E-state index in [2.05, 4.69) is 5.32 Å². The van der Waals surface area contributed by atoms with E-state index in [4.69, 9.17) is 0 Å². The summed E-state index contributed by atoms with van der Waals surface area (Å²) >= 11 is 0. The molecular formula is C9H13NO2. The molecule has 0 fully saturated rings. The molecule has 3 heteroatoms. The van der Waals surface area contributed by atoms with Crippen molar-refractivity contribution < 1.29 is 10.2 Å². The van der Waals surface area contributed by atoms with Crippen molar-refractivity contribution in [2.24, 2.45) is 0 Å². The first-order valence-electron chi connectivity index (χ1n) is 3.81. The molecule has 1 aromatic rings. The number of phenols is 2. The Hall–Kier alpha value is -1.22. The van der Waals surface area contributed by atoms with Crippen LogP contribution in [0.1, 0.15) is 11.1 Å². The summed E-state index contributed by atoms with van der Waals surface area (Å²) in [6.45, 7) is 2.29. The van der Waals surface area contributed by atoms with Crippen LogP contribution in [0.2, 0.25) is 0 Å². The number of phenolic OH excluding ortho intramolecular Hbond substituents is 2. The molecule has 0 atom stereocenters. The Balaban J connectivity index is 3.10. The summed E-state index contributed by atoms with van der Waals surface area (Å²) in [5.74, 6) is 0.281. The Morgan fingerprint density at radius 2 is 1.75 bits per heavy atom. The van der Waals surface area contributed by atoms with E-state index in [0.29, 0.717) is 12.1 Å². The number of hydrogen-bond acceptors (Lipinski definition) is 3. The quantitative estimate of drug-likeness (QED) is 0.618. The van der Waals surface area contributed by atoms with E-state index in [1.54, 1.807) is 19.2 Å². The van der Waals surface area contributed by atoms with E-state index in [1.807, 2.05) is 6.92 Å². The molecule has 0 saturated heterocycles. The molecule has 3 N–H and O–H groups in total. The molecule has 66 valence electrons. The van der Waals surface area contributed by atoms with Crippen molar-refractivity contribution in [2.75, 3.05) is 7.05 Å². The lowest BCUT2D eigenvalue weighted by molar-refractivity contribution is 0.435. The van der Waals surface area contributed by atoms with Gasteiger partial charge in [-0.3, -0.25) is 0 Å². The lowest BCUT2D eigenvalue weighted by atomic mass is 10.1. The predicted octanol–water partition coefficient (Wildman–Crippen LogP) is 1.13. The highest BCUT2D eigenvalue weighted by Crippen LogP contribution is 2.27. The predicted molar refractivity (Wildman–Crippen MR) is 47.3 cm³/mol. The van der Waals surface area contributed by atoms with Gasteiger partial charge < -0.3 is 15.5 Å². The summed E-state index contributed by atoms with van der Waals surface area (Å²) in [5.41, 5.74) is 1.40. The Kier molecular flexibility index (Phi) is 2.55. The summed E-state index contributed by atoms with van der Waals surface area (Å²) in [6.07, 6.45) is 0. The van der Waals surface area contributed by atoms with Gasteiger partial charge in [0.1, 0.15) is 11.5 Å². The third-order valence-corrected chi connectivity index (χ3v) is 1.70. The molecule has 0 heterocycles. The maximum Gasteiger partial charge on any atom is 0.124 e. The third-order valence-electron chi connectivity index (χ3n) is 1.70. The van der Waals surface area contributed by atoms with Crippen molar-refractivity contribution in [1.29, 1.82) is 0 Å². The molecule has 0 aliphatic carbocycles. The second-order valence-electron chi connectivity index (χ2n) is 2.81. The fraction of sp³-hybridized carbons (Fsp3) is 0.333. The average molecular weight is 167 g/mol.